The van der Waals surface area contributed by atoms with E-state index in [4.69, 9.17) is 0 Å². The molecule has 1 aromatic carbocycles. The summed E-state index contributed by atoms with van der Waals surface area (Å²) >= 11 is 0. The number of allylic oxidation sites excluding steroid dienone is 6. The summed E-state index contributed by atoms with van der Waals surface area (Å²) in [6.07, 6.45) is -40.5. The monoisotopic (exact) mass is 786 g/mol. The van der Waals surface area contributed by atoms with Crippen LogP contribution in [0.3, 0.4) is 0 Å². The van der Waals surface area contributed by atoms with Crippen LogP contribution in [0.15, 0.2) is 33.4 Å². The number of hydrogen-bond donors (Lipinski definition) is 0. The highest BCUT2D eigenvalue weighted by Gasteiger charge is 2.57. The smallest absolute Gasteiger partial charge is 0.192 e. The fraction of sp³-hybridized carbons (Fsp3) is 0.200. The van der Waals surface area contributed by atoms with E-state index in [9.17, 15) is 111 Å². The summed E-state index contributed by atoms with van der Waals surface area (Å²) in [4.78, 5) is 0. The van der Waals surface area contributed by atoms with Crippen molar-refractivity contribution in [3.05, 3.63) is 64.8 Å². The van der Waals surface area contributed by atoms with Crippen molar-refractivity contribution in [3.8, 4) is 36.4 Å². The van der Waals surface area contributed by atoms with Crippen LogP contribution in [0.25, 0.3) is 33.4 Å². The van der Waals surface area contributed by atoms with E-state index in [1.54, 1.807) is 0 Å². The van der Waals surface area contributed by atoms with Crippen LogP contribution < -0.4 is 31.3 Å². The molecule has 0 fully saturated rings. The number of fused-ring (bicyclic) bond motifs is 6. The molecule has 1 aromatic rings. The summed E-state index contributed by atoms with van der Waals surface area (Å²) in [5.74, 6) is 0. The first-order valence-corrected chi connectivity index (χ1v) is 13.0. The minimum absolute atomic E-state index is 0.465. The molecular weight excluding hydrogens is 786 g/mol. The molecule has 0 amide bonds. The minimum Gasteiger partial charge on any atom is -0.192 e. The molecule has 276 valence electrons. The van der Waals surface area contributed by atoms with Crippen LogP contribution in [0.1, 0.15) is 0 Å². The molecule has 54 heavy (non-hydrogen) atoms. The summed E-state index contributed by atoms with van der Waals surface area (Å²) in [5.41, 5.74) is -36.4. The summed E-state index contributed by atoms with van der Waals surface area (Å²) < 4.78 is 269. The molecule has 0 radical (unpaired) electrons. The van der Waals surface area contributed by atoms with Crippen molar-refractivity contribution in [2.45, 2.75) is 37.1 Å². The van der Waals surface area contributed by atoms with Crippen molar-refractivity contribution in [3.63, 3.8) is 0 Å². The van der Waals surface area contributed by atoms with Gasteiger partial charge < -0.3 is 0 Å². The molecule has 0 saturated heterocycles. The Morgan fingerprint density at radius 2 is 0.370 bits per heavy atom. The lowest BCUT2D eigenvalue weighted by molar-refractivity contribution is -0.0755. The highest BCUT2D eigenvalue weighted by Crippen LogP contribution is 2.49. The maximum atomic E-state index is 14.9. The number of benzene rings is 1. The molecular formula is C30F18N6. The fourth-order valence-corrected chi connectivity index (χ4v) is 6.24. The van der Waals surface area contributed by atoms with E-state index in [0.717, 1.165) is 0 Å². The molecule has 0 N–H and O–H groups in total. The van der Waals surface area contributed by atoms with Crippen LogP contribution in [0.4, 0.5) is 79.0 Å². The summed E-state index contributed by atoms with van der Waals surface area (Å²) in [6, 6.07) is 2.79. The molecule has 0 spiro atoms. The van der Waals surface area contributed by atoms with Crippen molar-refractivity contribution >= 4 is 33.4 Å². The van der Waals surface area contributed by atoms with Gasteiger partial charge in [-0.2, -0.15) is 111 Å². The van der Waals surface area contributed by atoms with Crippen molar-refractivity contribution in [1.82, 2.24) is 0 Å². The van der Waals surface area contributed by atoms with Crippen molar-refractivity contribution in [1.29, 1.82) is 31.6 Å². The Bertz CT molecular complexity index is 2240. The first-order chi connectivity index (χ1) is 24.4. The summed E-state index contributed by atoms with van der Waals surface area (Å²) in [5, 5.41) is 37.6. The largest absolute Gasteiger partial charge is 0.417 e. The second-order valence-electron chi connectivity index (χ2n) is 10.4. The summed E-state index contributed by atoms with van der Waals surface area (Å²) in [6.45, 7) is 0. The number of nitriles is 6. The van der Waals surface area contributed by atoms with Gasteiger partial charge in [-0.25, -0.2) is 0 Å². The van der Waals surface area contributed by atoms with E-state index in [2.05, 4.69) is 0 Å². The molecule has 24 heteroatoms. The van der Waals surface area contributed by atoms with Gasteiger partial charge in [0.25, 0.3) is 0 Å². The highest BCUT2D eigenvalue weighted by molar-refractivity contribution is 6.03. The molecule has 0 bridgehead atoms. The van der Waals surface area contributed by atoms with Crippen LogP contribution >= 0.6 is 0 Å². The Kier molecular flexibility index (Phi) is 8.87. The normalized spacial score (nSPS) is 15.9. The summed E-state index contributed by atoms with van der Waals surface area (Å²) in [7, 11) is 0. The van der Waals surface area contributed by atoms with Gasteiger partial charge in [0, 0.05) is 48.0 Å². The second-order valence-corrected chi connectivity index (χ2v) is 10.4. The lowest BCUT2D eigenvalue weighted by Gasteiger charge is -2.17. The first kappa shape index (κ1) is 40.1. The Balaban J connectivity index is 3.17. The third kappa shape index (κ3) is 5.67. The number of nitrogens with zero attached hydrogens (tertiary/aromatic N) is 6. The van der Waals surface area contributed by atoms with E-state index in [1.165, 1.54) is 0 Å². The SMILES string of the molecule is N#CC(C#N)=C1C(C(F)(F)F)=c2c3c(c4c(c2=C1C(F)(F)F)=C(C(F)(F)F)C(=C(C#N)C#N)C=4C(F)(F)F)=C(C(F)(F)F)C(=C(C#N)C#N)C=3C(F)(F)F. The predicted octanol–water partition coefficient (Wildman–Crippen LogP) is 4.04. The highest BCUT2D eigenvalue weighted by atomic mass is 19.4. The molecule has 0 aliphatic heterocycles. The zero-order chi connectivity index (χ0) is 41.6. The van der Waals surface area contributed by atoms with Gasteiger partial charge in [-0.15, -0.1) is 0 Å². The Morgan fingerprint density at radius 3 is 0.444 bits per heavy atom. The van der Waals surface area contributed by atoms with Gasteiger partial charge >= 0.3 is 37.1 Å². The molecule has 6 nitrogen and oxygen atoms in total. The number of rotatable bonds is 0. The van der Waals surface area contributed by atoms with E-state index >= 15 is 0 Å². The van der Waals surface area contributed by atoms with Gasteiger partial charge in [0.15, 0.2) is 0 Å². The average molecular weight is 786 g/mol. The molecule has 0 heterocycles. The number of hydrogen-bond acceptors (Lipinski definition) is 6. The third-order valence-electron chi connectivity index (χ3n) is 7.62. The maximum Gasteiger partial charge on any atom is 0.417 e. The predicted molar refractivity (Wildman–Crippen MR) is 136 cm³/mol. The van der Waals surface area contributed by atoms with E-state index in [-0.39, 0.29) is 0 Å². The van der Waals surface area contributed by atoms with Crippen LogP contribution in [-0.2, 0) is 0 Å². The first-order valence-electron chi connectivity index (χ1n) is 13.0. The lowest BCUT2D eigenvalue weighted by atomic mass is 9.94. The topological polar surface area (TPSA) is 143 Å². The van der Waals surface area contributed by atoms with E-state index in [1.807, 2.05) is 0 Å². The Hall–Kier alpha value is -6.66. The lowest BCUT2D eigenvalue weighted by Crippen LogP contribution is -2.67. The van der Waals surface area contributed by atoms with Crippen LogP contribution in [0.5, 0.6) is 0 Å². The fourth-order valence-electron chi connectivity index (χ4n) is 6.24. The van der Waals surface area contributed by atoms with Gasteiger partial charge in [-0.1, -0.05) is 0 Å². The zero-order valence-corrected chi connectivity index (χ0v) is 24.5. The quantitative estimate of drug-likeness (QED) is 0.287. The molecule has 3 aliphatic rings. The van der Waals surface area contributed by atoms with Crippen molar-refractivity contribution in [2.24, 2.45) is 0 Å². The number of alkyl halides is 18. The van der Waals surface area contributed by atoms with E-state index < -0.39 is 135 Å². The van der Waals surface area contributed by atoms with Crippen molar-refractivity contribution in [2.75, 3.05) is 0 Å². The standard InChI is InChI=1S/C30F18N6/c31-25(32,33)19-10(7(1-49)2-50)20(26(34,35)36)14-13(19)15-17(23(29(43,44)45)11(8(3-51)4-52)21(15)27(37,38)39)18-16(14)22(28(40,41)42)12(9(5-53)6-54)24(18)30(46,47)48. The van der Waals surface area contributed by atoms with E-state index in [0.29, 0.717) is 36.4 Å². The molecule has 3 aliphatic carbocycles. The van der Waals surface area contributed by atoms with Crippen LogP contribution in [-0.4, -0.2) is 37.1 Å². The van der Waals surface area contributed by atoms with Crippen LogP contribution in [0.2, 0.25) is 0 Å². The molecule has 0 saturated carbocycles. The van der Waals surface area contributed by atoms with Gasteiger partial charge in [0.2, 0.25) is 0 Å². The second kappa shape index (κ2) is 11.9. The molecule has 0 aromatic heterocycles. The van der Waals surface area contributed by atoms with Crippen LogP contribution in [0, 0.1) is 68.0 Å². The van der Waals surface area contributed by atoms with Gasteiger partial charge in [0.1, 0.15) is 53.1 Å². The average Bonchev–Trinajstić information content (AvgIpc) is 3.65. The van der Waals surface area contributed by atoms with Gasteiger partial charge in [0.05, 0.1) is 33.4 Å². The van der Waals surface area contributed by atoms with Crippen molar-refractivity contribution < 1.29 is 79.0 Å². The minimum atomic E-state index is -6.75. The Labute approximate surface area is 282 Å². The van der Waals surface area contributed by atoms with Gasteiger partial charge in [-0.3, -0.25) is 0 Å². The third-order valence-corrected chi connectivity index (χ3v) is 7.62. The molecule has 0 unspecified atom stereocenters. The number of halogens is 18. The van der Waals surface area contributed by atoms with Gasteiger partial charge in [-0.05, 0) is 0 Å². The Morgan fingerprint density at radius 1 is 0.259 bits per heavy atom. The zero-order valence-electron chi connectivity index (χ0n) is 24.5. The molecule has 0 atom stereocenters. The molecule has 4 rings (SSSR count). The maximum absolute atomic E-state index is 14.9.